The van der Waals surface area contributed by atoms with Crippen molar-refractivity contribution in [3.05, 3.63) is 70.2 Å². The van der Waals surface area contributed by atoms with Crippen molar-refractivity contribution in [1.82, 2.24) is 9.88 Å². The first-order chi connectivity index (χ1) is 13.6. The number of nitrogens with one attached hydrogen (secondary N) is 1. The number of fused-ring (bicyclic) bond motifs is 1. The number of benzene rings is 2. The van der Waals surface area contributed by atoms with Crippen LogP contribution >= 0.6 is 35.6 Å². The maximum atomic E-state index is 12.0. The Labute approximate surface area is 177 Å². The fraction of sp³-hybridized carbons (Fsp3) is 0.143. The molecule has 0 atom stereocenters. The summed E-state index contributed by atoms with van der Waals surface area (Å²) in [6, 6.07) is 15.6. The molecule has 28 heavy (non-hydrogen) atoms. The third kappa shape index (κ3) is 4.24. The molecule has 142 valence electrons. The minimum Gasteiger partial charge on any atom is -0.494 e. The standard InChI is InChI=1S/C21H17ClN2O2S2/c22-15-6-8-16(9-7-15)26-11-3-10-24-13-14(17-4-1-2-5-18(17)24)12-19-20(25)23-21(27)28-19/h1-2,4-9,12-13H,3,10-11H2,(H,23,25,27)/b19-12+. The number of amides is 1. The SMILES string of the molecule is O=C1NC(=S)S/C1=C/c1cn(CCCOc2ccc(Cl)cc2)c2ccccc12. The second-order valence-corrected chi connectivity index (χ2v) is 8.46. The Morgan fingerprint density at radius 3 is 2.71 bits per heavy atom. The number of halogens is 1. The molecule has 0 aliphatic carbocycles. The average molecular weight is 429 g/mol. The molecule has 1 N–H and O–H groups in total. The van der Waals surface area contributed by atoms with Crippen LogP contribution in [-0.2, 0) is 11.3 Å². The normalized spacial score (nSPS) is 15.4. The molecule has 0 spiro atoms. The number of thiocarbonyl (C=S) groups is 1. The molecule has 4 nitrogen and oxygen atoms in total. The van der Waals surface area contributed by atoms with Crippen molar-refractivity contribution >= 4 is 62.8 Å². The van der Waals surface area contributed by atoms with Crippen LogP contribution in [0.25, 0.3) is 17.0 Å². The Bertz CT molecular complexity index is 1070. The molecule has 0 unspecified atom stereocenters. The number of nitrogens with zero attached hydrogens (tertiary/aromatic N) is 1. The molecule has 2 aromatic carbocycles. The van der Waals surface area contributed by atoms with Gasteiger partial charge in [0, 0.05) is 34.2 Å². The summed E-state index contributed by atoms with van der Waals surface area (Å²) in [5.74, 6) is 0.677. The van der Waals surface area contributed by atoms with Gasteiger partial charge in [0.05, 0.1) is 11.5 Å². The van der Waals surface area contributed by atoms with E-state index in [1.165, 1.54) is 11.8 Å². The van der Waals surface area contributed by atoms with E-state index in [4.69, 9.17) is 28.6 Å². The zero-order valence-corrected chi connectivity index (χ0v) is 17.2. The first-order valence-electron chi connectivity index (χ1n) is 8.81. The van der Waals surface area contributed by atoms with Gasteiger partial charge in [0.2, 0.25) is 0 Å². The van der Waals surface area contributed by atoms with Gasteiger partial charge in [0.1, 0.15) is 10.1 Å². The van der Waals surface area contributed by atoms with Gasteiger partial charge in [-0.3, -0.25) is 4.79 Å². The molecule has 2 heterocycles. The van der Waals surface area contributed by atoms with Crippen molar-refractivity contribution in [2.75, 3.05) is 6.61 Å². The zero-order valence-electron chi connectivity index (χ0n) is 14.9. The lowest BCUT2D eigenvalue weighted by Crippen LogP contribution is -2.17. The summed E-state index contributed by atoms with van der Waals surface area (Å²) in [7, 11) is 0. The van der Waals surface area contributed by atoms with E-state index in [2.05, 4.69) is 28.2 Å². The third-order valence-corrected chi connectivity index (χ3v) is 5.79. The summed E-state index contributed by atoms with van der Waals surface area (Å²) in [6.07, 6.45) is 4.84. The van der Waals surface area contributed by atoms with Crippen molar-refractivity contribution in [1.29, 1.82) is 0 Å². The molecule has 1 aliphatic heterocycles. The predicted octanol–water partition coefficient (Wildman–Crippen LogP) is 5.25. The van der Waals surface area contributed by atoms with Crippen LogP contribution in [0.15, 0.2) is 59.6 Å². The van der Waals surface area contributed by atoms with Crippen molar-refractivity contribution in [2.24, 2.45) is 0 Å². The van der Waals surface area contributed by atoms with Crippen molar-refractivity contribution in [2.45, 2.75) is 13.0 Å². The van der Waals surface area contributed by atoms with Gasteiger partial charge in [0.15, 0.2) is 0 Å². The first kappa shape index (κ1) is 19.1. The van der Waals surface area contributed by atoms with E-state index >= 15 is 0 Å². The number of aryl methyl sites for hydroxylation is 1. The molecule has 3 aromatic rings. The minimum atomic E-state index is -0.136. The molecular weight excluding hydrogens is 412 g/mol. The second-order valence-electron chi connectivity index (χ2n) is 6.30. The number of carbonyl (C=O) groups is 1. The molecule has 1 fully saturated rings. The van der Waals surface area contributed by atoms with E-state index in [0.717, 1.165) is 35.2 Å². The molecule has 0 radical (unpaired) electrons. The Morgan fingerprint density at radius 1 is 1.18 bits per heavy atom. The first-order valence-corrected chi connectivity index (χ1v) is 10.4. The lowest BCUT2D eigenvalue weighted by molar-refractivity contribution is -0.115. The van der Waals surface area contributed by atoms with Crippen molar-refractivity contribution in [3.8, 4) is 5.75 Å². The average Bonchev–Trinajstić information content (AvgIpc) is 3.20. The summed E-state index contributed by atoms with van der Waals surface area (Å²) in [4.78, 5) is 12.6. The molecule has 1 aromatic heterocycles. The molecule has 0 bridgehead atoms. The van der Waals surface area contributed by atoms with E-state index in [0.29, 0.717) is 20.9 Å². The molecule has 1 saturated heterocycles. The van der Waals surface area contributed by atoms with Crippen molar-refractivity contribution in [3.63, 3.8) is 0 Å². The highest BCUT2D eigenvalue weighted by molar-refractivity contribution is 8.26. The number of carbonyl (C=O) groups excluding carboxylic acids is 1. The largest absolute Gasteiger partial charge is 0.494 e. The fourth-order valence-electron chi connectivity index (χ4n) is 3.09. The van der Waals surface area contributed by atoms with E-state index < -0.39 is 0 Å². The Balaban J connectivity index is 1.48. The molecule has 1 amide bonds. The number of thioether (sulfide) groups is 1. The molecule has 7 heteroatoms. The number of aromatic nitrogens is 1. The maximum absolute atomic E-state index is 12.0. The van der Waals surface area contributed by atoms with Gasteiger partial charge in [-0.2, -0.15) is 0 Å². The van der Waals surface area contributed by atoms with E-state index in [1.807, 2.05) is 42.5 Å². The summed E-state index contributed by atoms with van der Waals surface area (Å²) < 4.78 is 8.48. The Kier molecular flexibility index (Phi) is 5.71. The minimum absolute atomic E-state index is 0.136. The number of rotatable bonds is 6. The Hall–Kier alpha value is -2.28. The highest BCUT2D eigenvalue weighted by atomic mass is 35.5. The summed E-state index contributed by atoms with van der Waals surface area (Å²) in [6.45, 7) is 1.42. The number of hydrogen-bond acceptors (Lipinski definition) is 4. The summed E-state index contributed by atoms with van der Waals surface area (Å²) in [5.41, 5.74) is 2.14. The quantitative estimate of drug-likeness (QED) is 0.330. The van der Waals surface area contributed by atoms with E-state index in [1.54, 1.807) is 0 Å². The number of hydrogen-bond donors (Lipinski definition) is 1. The van der Waals surface area contributed by atoms with Crippen LogP contribution in [-0.4, -0.2) is 21.4 Å². The van der Waals surface area contributed by atoms with Crippen LogP contribution in [0.1, 0.15) is 12.0 Å². The zero-order chi connectivity index (χ0) is 19.5. The third-order valence-electron chi connectivity index (χ3n) is 4.37. The topological polar surface area (TPSA) is 43.3 Å². The molecule has 4 rings (SSSR count). The van der Waals surface area contributed by atoms with Gasteiger partial charge < -0.3 is 14.6 Å². The highest BCUT2D eigenvalue weighted by Crippen LogP contribution is 2.30. The Morgan fingerprint density at radius 2 is 1.96 bits per heavy atom. The predicted molar refractivity (Wildman–Crippen MR) is 120 cm³/mol. The monoisotopic (exact) mass is 428 g/mol. The fourth-order valence-corrected chi connectivity index (χ4v) is 4.25. The van der Waals surface area contributed by atoms with Gasteiger partial charge in [-0.05, 0) is 42.8 Å². The molecular formula is C21H17ClN2O2S2. The van der Waals surface area contributed by atoms with Gasteiger partial charge in [-0.15, -0.1) is 0 Å². The van der Waals surface area contributed by atoms with Gasteiger partial charge in [-0.25, -0.2) is 0 Å². The molecule has 0 saturated carbocycles. The van der Waals surface area contributed by atoms with Gasteiger partial charge in [-0.1, -0.05) is 53.8 Å². The van der Waals surface area contributed by atoms with E-state index in [9.17, 15) is 4.79 Å². The van der Waals surface area contributed by atoms with Crippen LogP contribution in [0.3, 0.4) is 0 Å². The van der Waals surface area contributed by atoms with Crippen LogP contribution < -0.4 is 10.1 Å². The second kappa shape index (κ2) is 8.39. The van der Waals surface area contributed by atoms with Crippen molar-refractivity contribution < 1.29 is 9.53 Å². The number of ether oxygens (including phenoxy) is 1. The summed E-state index contributed by atoms with van der Waals surface area (Å²) in [5, 5.41) is 4.47. The van der Waals surface area contributed by atoms with Crippen LogP contribution in [0.5, 0.6) is 5.75 Å². The maximum Gasteiger partial charge on any atom is 0.263 e. The lowest BCUT2D eigenvalue weighted by atomic mass is 10.1. The van der Waals surface area contributed by atoms with Gasteiger partial charge in [0.25, 0.3) is 5.91 Å². The molecule has 1 aliphatic rings. The summed E-state index contributed by atoms with van der Waals surface area (Å²) >= 11 is 12.3. The highest BCUT2D eigenvalue weighted by Gasteiger charge is 2.22. The van der Waals surface area contributed by atoms with Crippen LogP contribution in [0.2, 0.25) is 5.02 Å². The van der Waals surface area contributed by atoms with E-state index in [-0.39, 0.29) is 5.91 Å². The number of para-hydroxylation sites is 1. The van der Waals surface area contributed by atoms with Gasteiger partial charge >= 0.3 is 0 Å². The smallest absolute Gasteiger partial charge is 0.263 e. The van der Waals surface area contributed by atoms with Crippen LogP contribution in [0.4, 0.5) is 0 Å². The lowest BCUT2D eigenvalue weighted by Gasteiger charge is -2.08. The van der Waals surface area contributed by atoms with Crippen LogP contribution in [0, 0.1) is 0 Å².